The normalized spacial score (nSPS) is 24.6. The van der Waals surface area contributed by atoms with Crippen molar-refractivity contribution in [1.82, 2.24) is 15.5 Å². The van der Waals surface area contributed by atoms with Crippen molar-refractivity contribution in [2.24, 2.45) is 10.4 Å². The van der Waals surface area contributed by atoms with Gasteiger partial charge in [0, 0.05) is 37.5 Å². The van der Waals surface area contributed by atoms with Crippen molar-refractivity contribution >= 4 is 11.9 Å². The van der Waals surface area contributed by atoms with Crippen LogP contribution >= 0.6 is 0 Å². The second-order valence-electron chi connectivity index (χ2n) is 6.32. The Bertz CT molecular complexity index is 393. The monoisotopic (exact) mass is 296 g/mol. The van der Waals surface area contributed by atoms with Gasteiger partial charge in [0.25, 0.3) is 0 Å². The smallest absolute Gasteiger partial charge is 0.222 e. The molecule has 2 fully saturated rings. The number of carbonyl (C=O) groups is 1. The van der Waals surface area contributed by atoms with E-state index in [1.807, 2.05) is 11.8 Å². The molecule has 0 bridgehead atoms. The first-order chi connectivity index (χ1) is 10.1. The molecule has 0 radical (unpaired) electrons. The SMILES string of the molecule is CCNC(=NCC1(C)COC1)NC1CCN(C(=O)CC)C1. The summed E-state index contributed by atoms with van der Waals surface area (Å²) in [6, 6.07) is 0.295. The van der Waals surface area contributed by atoms with E-state index in [2.05, 4.69) is 29.5 Å². The van der Waals surface area contributed by atoms with E-state index in [-0.39, 0.29) is 11.3 Å². The lowest BCUT2D eigenvalue weighted by atomic mass is 9.89. The summed E-state index contributed by atoms with van der Waals surface area (Å²) in [4.78, 5) is 18.3. The fourth-order valence-corrected chi connectivity index (χ4v) is 2.65. The number of carbonyl (C=O) groups excluding carboxylic acids is 1. The third kappa shape index (κ3) is 4.33. The molecule has 6 heteroatoms. The number of ether oxygens (including phenoxy) is 1. The van der Waals surface area contributed by atoms with Crippen LogP contribution in [-0.4, -0.2) is 62.2 Å². The number of nitrogens with one attached hydrogen (secondary N) is 2. The van der Waals surface area contributed by atoms with E-state index < -0.39 is 0 Å². The molecule has 2 saturated heterocycles. The highest BCUT2D eigenvalue weighted by molar-refractivity contribution is 5.80. The summed E-state index contributed by atoms with van der Waals surface area (Å²) in [5, 5.41) is 6.73. The summed E-state index contributed by atoms with van der Waals surface area (Å²) >= 11 is 0. The van der Waals surface area contributed by atoms with E-state index in [4.69, 9.17) is 4.74 Å². The summed E-state index contributed by atoms with van der Waals surface area (Å²) in [5.74, 6) is 1.08. The van der Waals surface area contributed by atoms with Crippen LogP contribution in [0.15, 0.2) is 4.99 Å². The third-order valence-electron chi connectivity index (χ3n) is 4.05. The molecule has 1 atom stereocenters. The lowest BCUT2D eigenvalue weighted by molar-refractivity contribution is -0.129. The van der Waals surface area contributed by atoms with Gasteiger partial charge < -0.3 is 20.3 Å². The zero-order chi connectivity index (χ0) is 15.3. The van der Waals surface area contributed by atoms with Crippen LogP contribution in [-0.2, 0) is 9.53 Å². The topological polar surface area (TPSA) is 66.0 Å². The van der Waals surface area contributed by atoms with Crippen LogP contribution in [0.4, 0.5) is 0 Å². The van der Waals surface area contributed by atoms with Crippen molar-refractivity contribution in [2.45, 2.75) is 39.7 Å². The number of hydrogen-bond donors (Lipinski definition) is 2. The van der Waals surface area contributed by atoms with Gasteiger partial charge in [0.1, 0.15) is 0 Å². The molecule has 0 spiro atoms. The lowest BCUT2D eigenvalue weighted by Crippen LogP contribution is -2.47. The molecule has 21 heavy (non-hydrogen) atoms. The Morgan fingerprint density at radius 1 is 1.43 bits per heavy atom. The highest BCUT2D eigenvalue weighted by Gasteiger charge is 2.33. The average Bonchev–Trinajstić information content (AvgIpc) is 2.90. The first-order valence-electron chi connectivity index (χ1n) is 7.96. The molecule has 0 aromatic rings. The maximum atomic E-state index is 11.7. The molecule has 0 saturated carbocycles. The maximum Gasteiger partial charge on any atom is 0.222 e. The number of nitrogens with zero attached hydrogens (tertiary/aromatic N) is 2. The van der Waals surface area contributed by atoms with Crippen LogP contribution < -0.4 is 10.6 Å². The molecule has 6 nitrogen and oxygen atoms in total. The van der Waals surface area contributed by atoms with Gasteiger partial charge in [-0.1, -0.05) is 13.8 Å². The number of guanidine groups is 1. The first-order valence-corrected chi connectivity index (χ1v) is 7.96. The number of rotatable bonds is 5. The molecule has 2 rings (SSSR count). The largest absolute Gasteiger partial charge is 0.380 e. The van der Waals surface area contributed by atoms with E-state index in [9.17, 15) is 4.79 Å². The van der Waals surface area contributed by atoms with Crippen molar-refractivity contribution in [3.05, 3.63) is 0 Å². The van der Waals surface area contributed by atoms with Crippen LogP contribution in [0.25, 0.3) is 0 Å². The predicted octanol–water partition coefficient (Wildman–Crippen LogP) is 0.589. The van der Waals surface area contributed by atoms with Crippen LogP contribution in [0.2, 0.25) is 0 Å². The third-order valence-corrected chi connectivity index (χ3v) is 4.05. The molecule has 120 valence electrons. The van der Waals surface area contributed by atoms with E-state index in [1.165, 1.54) is 0 Å². The average molecular weight is 296 g/mol. The van der Waals surface area contributed by atoms with Crippen LogP contribution in [0, 0.1) is 5.41 Å². The zero-order valence-corrected chi connectivity index (χ0v) is 13.4. The summed E-state index contributed by atoms with van der Waals surface area (Å²) in [7, 11) is 0. The molecule has 2 heterocycles. The summed E-state index contributed by atoms with van der Waals surface area (Å²) in [6.45, 7) is 11.0. The first kappa shape index (κ1) is 16.1. The summed E-state index contributed by atoms with van der Waals surface area (Å²) in [6.07, 6.45) is 1.57. The Balaban J connectivity index is 1.85. The predicted molar refractivity (Wildman–Crippen MR) is 83.3 cm³/mol. The molecule has 0 aromatic carbocycles. The van der Waals surface area contributed by atoms with Gasteiger partial charge in [0.15, 0.2) is 5.96 Å². The highest BCUT2D eigenvalue weighted by atomic mass is 16.5. The van der Waals surface area contributed by atoms with Crippen LogP contribution in [0.1, 0.15) is 33.6 Å². The van der Waals surface area contributed by atoms with Gasteiger partial charge in [0.2, 0.25) is 5.91 Å². The molecule has 2 aliphatic rings. The molecular formula is C15H28N4O2. The van der Waals surface area contributed by atoms with E-state index in [0.717, 1.165) is 51.8 Å². The Labute approximate surface area is 127 Å². The van der Waals surface area contributed by atoms with Gasteiger partial charge >= 0.3 is 0 Å². The number of hydrogen-bond acceptors (Lipinski definition) is 3. The quantitative estimate of drug-likeness (QED) is 0.576. The lowest BCUT2D eigenvalue weighted by Gasteiger charge is -2.36. The minimum atomic E-state index is 0.183. The fourth-order valence-electron chi connectivity index (χ4n) is 2.65. The zero-order valence-electron chi connectivity index (χ0n) is 13.4. The van der Waals surface area contributed by atoms with Crippen molar-refractivity contribution in [2.75, 3.05) is 39.4 Å². The molecule has 1 amide bonds. The Kier molecular flexibility index (Phi) is 5.45. The van der Waals surface area contributed by atoms with E-state index in [0.29, 0.717) is 12.5 Å². The van der Waals surface area contributed by atoms with Gasteiger partial charge in [-0.3, -0.25) is 9.79 Å². The van der Waals surface area contributed by atoms with Crippen molar-refractivity contribution in [3.63, 3.8) is 0 Å². The minimum Gasteiger partial charge on any atom is -0.380 e. The Morgan fingerprint density at radius 3 is 2.76 bits per heavy atom. The van der Waals surface area contributed by atoms with Crippen LogP contribution in [0.3, 0.4) is 0 Å². The summed E-state index contributed by atoms with van der Waals surface area (Å²) in [5.41, 5.74) is 0.183. The van der Waals surface area contributed by atoms with Crippen LogP contribution in [0.5, 0.6) is 0 Å². The van der Waals surface area contributed by atoms with Gasteiger partial charge in [-0.05, 0) is 13.3 Å². The second kappa shape index (κ2) is 7.11. The molecular weight excluding hydrogens is 268 g/mol. The summed E-state index contributed by atoms with van der Waals surface area (Å²) < 4.78 is 5.26. The highest BCUT2D eigenvalue weighted by Crippen LogP contribution is 2.26. The van der Waals surface area contributed by atoms with Gasteiger partial charge in [0.05, 0.1) is 19.8 Å². The van der Waals surface area contributed by atoms with Gasteiger partial charge in [-0.2, -0.15) is 0 Å². The fraction of sp³-hybridized carbons (Fsp3) is 0.867. The van der Waals surface area contributed by atoms with Crippen molar-refractivity contribution < 1.29 is 9.53 Å². The molecule has 1 unspecified atom stereocenters. The molecule has 0 aromatic heterocycles. The van der Waals surface area contributed by atoms with Crippen molar-refractivity contribution in [1.29, 1.82) is 0 Å². The number of amides is 1. The number of aliphatic imine (C=N–C) groups is 1. The Morgan fingerprint density at radius 2 is 2.19 bits per heavy atom. The van der Waals surface area contributed by atoms with E-state index >= 15 is 0 Å². The van der Waals surface area contributed by atoms with Gasteiger partial charge in [-0.15, -0.1) is 0 Å². The van der Waals surface area contributed by atoms with E-state index in [1.54, 1.807) is 0 Å². The van der Waals surface area contributed by atoms with Crippen molar-refractivity contribution in [3.8, 4) is 0 Å². The Hall–Kier alpha value is -1.30. The standard InChI is InChI=1S/C15H28N4O2/c1-4-13(20)19-7-6-12(8-19)18-14(16-5-2)17-9-15(3)10-21-11-15/h12H,4-11H2,1-3H3,(H2,16,17,18). The molecule has 2 aliphatic heterocycles. The minimum absolute atomic E-state index is 0.183. The molecule has 2 N–H and O–H groups in total. The maximum absolute atomic E-state index is 11.7. The second-order valence-corrected chi connectivity index (χ2v) is 6.32. The molecule has 0 aliphatic carbocycles. The number of likely N-dealkylation sites (tertiary alicyclic amines) is 1. The van der Waals surface area contributed by atoms with Gasteiger partial charge in [-0.25, -0.2) is 0 Å².